The molecule has 11 heteroatoms. The Labute approximate surface area is 249 Å². The van der Waals surface area contributed by atoms with Gasteiger partial charge in [0.15, 0.2) is 0 Å². The largest absolute Gasteiger partial charge is 0.506 e. The van der Waals surface area contributed by atoms with E-state index in [0.717, 1.165) is 29.7 Å². The molecule has 0 aliphatic carbocycles. The van der Waals surface area contributed by atoms with Gasteiger partial charge in [-0.15, -0.1) is 29.8 Å². The number of benzene rings is 4. The molecule has 0 saturated heterocycles. The summed E-state index contributed by atoms with van der Waals surface area (Å²) in [4.78, 5) is 13.0. The zero-order valence-corrected chi connectivity index (χ0v) is 23.6. The molecule has 0 bridgehead atoms. The second kappa shape index (κ2) is 12.3. The molecular formula is C31H18F6IrN3O-. The molecule has 215 valence electrons. The number of phenolic OH excluding ortho intramolecular Hbond substituents is 1. The summed E-state index contributed by atoms with van der Waals surface area (Å²) in [5.41, 5.74) is 1.05. The van der Waals surface area contributed by atoms with Crippen LogP contribution in [-0.2, 0) is 32.5 Å². The van der Waals surface area contributed by atoms with Crippen molar-refractivity contribution < 1.29 is 51.6 Å². The van der Waals surface area contributed by atoms with Gasteiger partial charge in [-0.25, -0.2) is 0 Å². The zero-order valence-electron chi connectivity index (χ0n) is 21.2. The summed E-state index contributed by atoms with van der Waals surface area (Å²) in [5.74, 6) is 0.239. The number of aromatic hydroxyl groups is 1. The third kappa shape index (κ3) is 6.75. The first-order chi connectivity index (χ1) is 19.5. The summed E-state index contributed by atoms with van der Waals surface area (Å²) in [6.45, 7) is 0. The average molecular weight is 755 g/mol. The number of nitrogens with zero attached hydrogens (tertiary/aromatic N) is 3. The van der Waals surface area contributed by atoms with Crippen molar-refractivity contribution in [3.63, 3.8) is 0 Å². The predicted molar refractivity (Wildman–Crippen MR) is 143 cm³/mol. The van der Waals surface area contributed by atoms with Crippen LogP contribution in [0.4, 0.5) is 26.3 Å². The number of rotatable bonds is 2. The number of alkyl halides is 6. The number of aromatic nitrogens is 3. The molecular weight excluding hydrogens is 737 g/mol. The molecule has 1 radical (unpaired) electrons. The van der Waals surface area contributed by atoms with Crippen LogP contribution in [0.1, 0.15) is 11.1 Å². The van der Waals surface area contributed by atoms with Gasteiger partial charge >= 0.3 is 12.4 Å². The van der Waals surface area contributed by atoms with Gasteiger partial charge in [-0.2, -0.15) is 26.3 Å². The monoisotopic (exact) mass is 755 g/mol. The van der Waals surface area contributed by atoms with Gasteiger partial charge in [-0.05, 0) is 47.5 Å². The van der Waals surface area contributed by atoms with E-state index in [4.69, 9.17) is 0 Å². The molecule has 0 aliphatic rings. The zero-order chi connectivity index (χ0) is 29.2. The van der Waals surface area contributed by atoms with Crippen molar-refractivity contribution in [3.8, 4) is 28.3 Å². The quantitative estimate of drug-likeness (QED) is 0.142. The molecule has 0 atom stereocenters. The van der Waals surface area contributed by atoms with E-state index in [-0.39, 0.29) is 42.8 Å². The van der Waals surface area contributed by atoms with E-state index < -0.39 is 23.5 Å². The van der Waals surface area contributed by atoms with E-state index in [1.54, 1.807) is 42.6 Å². The van der Waals surface area contributed by atoms with E-state index >= 15 is 0 Å². The minimum atomic E-state index is -4.51. The summed E-state index contributed by atoms with van der Waals surface area (Å²) < 4.78 is 77.3. The minimum Gasteiger partial charge on any atom is -0.506 e. The number of para-hydroxylation sites is 3. The summed E-state index contributed by atoms with van der Waals surface area (Å²) in [5, 5.41) is 10.3. The van der Waals surface area contributed by atoms with Crippen molar-refractivity contribution >= 4 is 21.9 Å². The van der Waals surface area contributed by atoms with Crippen molar-refractivity contribution in [1.82, 2.24) is 15.0 Å². The van der Waals surface area contributed by atoms with Crippen LogP contribution in [0.3, 0.4) is 0 Å². The predicted octanol–water partition coefficient (Wildman–Crippen LogP) is 8.74. The summed E-state index contributed by atoms with van der Waals surface area (Å²) in [6, 6.07) is 25.8. The molecule has 6 aromatic rings. The molecule has 2 aromatic heterocycles. The van der Waals surface area contributed by atoms with Crippen LogP contribution in [0, 0.1) is 6.07 Å². The SMILES string of the molecule is FC(F)(F)c1c[c-]c(-c2nc3ccccc3nc2-c2ccc(C(F)(F)F)cc2)cc1.Oc1cccc2cccnc12.[Ir]. The smallest absolute Gasteiger partial charge is 0.416 e. The van der Waals surface area contributed by atoms with Crippen LogP contribution >= 0.6 is 0 Å². The van der Waals surface area contributed by atoms with Crippen LogP contribution in [0.2, 0.25) is 0 Å². The number of hydrogen-bond donors (Lipinski definition) is 1. The third-order valence-corrected chi connectivity index (χ3v) is 6.06. The number of fused-ring (bicyclic) bond motifs is 2. The standard InChI is InChI=1S/C22H11F6N2.C9H7NO.Ir/c23-21(24,25)15-9-5-13(6-10-15)19-20(30-18-4-2-1-3-17(18)29-19)14-7-11-16(12-8-14)22(26,27)28;11-8-5-1-3-7-4-2-6-10-9(7)8;/h1-7,9-12H;1-6,11H;/q-1;;. The molecule has 0 aliphatic heterocycles. The topological polar surface area (TPSA) is 58.9 Å². The summed E-state index contributed by atoms with van der Waals surface area (Å²) in [6.07, 6.45) is -7.33. The van der Waals surface area contributed by atoms with Gasteiger partial charge in [-0.3, -0.25) is 15.0 Å². The molecule has 4 aromatic carbocycles. The van der Waals surface area contributed by atoms with Crippen molar-refractivity contribution in [1.29, 1.82) is 0 Å². The van der Waals surface area contributed by atoms with Gasteiger partial charge in [0.1, 0.15) is 11.3 Å². The van der Waals surface area contributed by atoms with Crippen LogP contribution in [0.5, 0.6) is 5.75 Å². The molecule has 2 heterocycles. The molecule has 0 spiro atoms. The van der Waals surface area contributed by atoms with Crippen LogP contribution in [0.25, 0.3) is 44.5 Å². The molecule has 0 unspecified atom stereocenters. The van der Waals surface area contributed by atoms with Gasteiger partial charge in [-0.1, -0.05) is 42.5 Å². The number of pyridine rings is 1. The molecule has 4 nitrogen and oxygen atoms in total. The second-order valence-corrected chi connectivity index (χ2v) is 8.83. The normalized spacial score (nSPS) is 11.5. The fourth-order valence-electron chi connectivity index (χ4n) is 4.04. The van der Waals surface area contributed by atoms with E-state index in [0.29, 0.717) is 22.1 Å². The number of hydrogen-bond acceptors (Lipinski definition) is 4. The van der Waals surface area contributed by atoms with E-state index in [2.05, 4.69) is 21.0 Å². The molecule has 0 amide bonds. The first-order valence-electron chi connectivity index (χ1n) is 12.1. The average Bonchev–Trinajstić information content (AvgIpc) is 2.96. The van der Waals surface area contributed by atoms with Gasteiger partial charge in [0.05, 0.1) is 22.3 Å². The Balaban J connectivity index is 0.000000282. The Kier molecular flexibility index (Phi) is 8.94. The van der Waals surface area contributed by atoms with Crippen LogP contribution in [0.15, 0.2) is 103 Å². The van der Waals surface area contributed by atoms with Gasteiger partial charge < -0.3 is 5.11 Å². The Morgan fingerprint density at radius 1 is 0.619 bits per heavy atom. The van der Waals surface area contributed by atoms with E-state index in [9.17, 15) is 31.4 Å². The van der Waals surface area contributed by atoms with Gasteiger partial charge in [0.2, 0.25) is 0 Å². The molecule has 0 fully saturated rings. The van der Waals surface area contributed by atoms with Crippen molar-refractivity contribution in [3.05, 3.63) is 120 Å². The molecule has 6 rings (SSSR count). The summed E-state index contributed by atoms with van der Waals surface area (Å²) in [7, 11) is 0. The van der Waals surface area contributed by atoms with Gasteiger partial charge in [0, 0.05) is 37.4 Å². The second-order valence-electron chi connectivity index (χ2n) is 8.83. The fraction of sp³-hybridized carbons (Fsp3) is 0.0645. The van der Waals surface area contributed by atoms with Crippen molar-refractivity contribution in [2.45, 2.75) is 12.4 Å². The number of halogens is 6. The van der Waals surface area contributed by atoms with Crippen molar-refractivity contribution in [2.75, 3.05) is 0 Å². The summed E-state index contributed by atoms with van der Waals surface area (Å²) >= 11 is 0. The Bertz CT molecular complexity index is 1720. The first-order valence-corrected chi connectivity index (χ1v) is 12.1. The Hall–Kier alpha value is -4.34. The van der Waals surface area contributed by atoms with Crippen LogP contribution < -0.4 is 0 Å². The molecule has 0 saturated carbocycles. The number of phenols is 1. The molecule has 1 N–H and O–H groups in total. The van der Waals surface area contributed by atoms with E-state index in [1.807, 2.05) is 18.2 Å². The van der Waals surface area contributed by atoms with E-state index in [1.165, 1.54) is 18.2 Å². The van der Waals surface area contributed by atoms with Gasteiger partial charge in [0.25, 0.3) is 0 Å². The van der Waals surface area contributed by atoms with Crippen LogP contribution in [-0.4, -0.2) is 20.1 Å². The maximum Gasteiger partial charge on any atom is 0.416 e. The fourth-order valence-corrected chi connectivity index (χ4v) is 4.04. The first kappa shape index (κ1) is 30.6. The van der Waals surface area contributed by atoms with Crippen molar-refractivity contribution in [2.24, 2.45) is 0 Å². The molecule has 42 heavy (non-hydrogen) atoms. The Morgan fingerprint density at radius 2 is 1.21 bits per heavy atom. The maximum atomic E-state index is 12.9. The third-order valence-electron chi connectivity index (χ3n) is 6.06. The minimum absolute atomic E-state index is 0. The maximum absolute atomic E-state index is 12.9. The Morgan fingerprint density at radius 3 is 1.79 bits per heavy atom.